The van der Waals surface area contributed by atoms with Crippen molar-refractivity contribution >= 4 is 34.5 Å². The Hall–Kier alpha value is -6.20. The third-order valence-corrected chi connectivity index (χ3v) is 6.04. The normalized spacial score (nSPS) is 11.4. The molecular formula is C29H18N8O3. The second-order valence-electron chi connectivity index (χ2n) is 8.55. The number of imidazole rings is 1. The average Bonchev–Trinajstić information content (AvgIpc) is 3.42. The summed E-state index contributed by atoms with van der Waals surface area (Å²) in [6.07, 6.45) is 1.48. The Labute approximate surface area is 226 Å². The molecule has 5 rings (SSSR count). The number of nitro benzene ring substituents is 1. The Bertz CT molecular complexity index is 1940. The Morgan fingerprint density at radius 3 is 2.33 bits per heavy atom. The summed E-state index contributed by atoms with van der Waals surface area (Å²) >= 11 is 0. The summed E-state index contributed by atoms with van der Waals surface area (Å²) < 4.78 is 0.911. The second-order valence-corrected chi connectivity index (χ2v) is 8.55. The lowest BCUT2D eigenvalue weighted by molar-refractivity contribution is -0.384. The molecular weight excluding hydrogens is 508 g/mol. The van der Waals surface area contributed by atoms with Gasteiger partial charge in [-0.1, -0.05) is 42.5 Å². The van der Waals surface area contributed by atoms with Crippen LogP contribution < -0.4 is 5.56 Å². The van der Waals surface area contributed by atoms with E-state index in [1.807, 2.05) is 48.5 Å². The number of pyridine rings is 1. The number of nitrogens with one attached hydrogen (secondary N) is 1. The highest BCUT2D eigenvalue weighted by molar-refractivity contribution is 5.98. The van der Waals surface area contributed by atoms with Crippen LogP contribution in [0.25, 0.3) is 22.2 Å². The highest BCUT2D eigenvalue weighted by atomic mass is 16.6. The first-order valence-corrected chi connectivity index (χ1v) is 11.9. The number of para-hydroxylation sites is 2. The molecule has 0 unspecified atom stereocenters. The summed E-state index contributed by atoms with van der Waals surface area (Å²) in [7, 11) is 0. The molecule has 192 valence electrons. The van der Waals surface area contributed by atoms with Crippen molar-refractivity contribution in [1.29, 1.82) is 10.5 Å². The molecule has 0 saturated carbocycles. The van der Waals surface area contributed by atoms with Crippen molar-refractivity contribution in [1.82, 2.24) is 14.6 Å². The van der Waals surface area contributed by atoms with Gasteiger partial charge in [-0.15, -0.1) is 0 Å². The number of aliphatic imine (C=N–C) groups is 1. The Morgan fingerprint density at radius 2 is 1.68 bits per heavy atom. The fraction of sp³-hybridized carbons (Fsp3) is 0.0345. The molecule has 3 aromatic carbocycles. The number of fused-ring (bicyclic) bond motifs is 1. The van der Waals surface area contributed by atoms with E-state index in [-0.39, 0.29) is 33.8 Å². The summed E-state index contributed by atoms with van der Waals surface area (Å²) in [5.74, 6) is 0.279. The lowest BCUT2D eigenvalue weighted by Crippen LogP contribution is -2.23. The Balaban J connectivity index is 1.78. The molecule has 40 heavy (non-hydrogen) atoms. The maximum atomic E-state index is 13.7. The fourth-order valence-corrected chi connectivity index (χ4v) is 4.11. The van der Waals surface area contributed by atoms with Gasteiger partial charge in [0.1, 0.15) is 29.0 Å². The largest absolute Gasteiger partial charge is 0.337 e. The van der Waals surface area contributed by atoms with Gasteiger partial charge < -0.3 is 4.98 Å². The van der Waals surface area contributed by atoms with Gasteiger partial charge in [-0.25, -0.2) is 9.98 Å². The summed E-state index contributed by atoms with van der Waals surface area (Å²) in [4.78, 5) is 36.4. The van der Waals surface area contributed by atoms with Gasteiger partial charge in [0, 0.05) is 23.9 Å². The molecule has 5 aromatic rings. The van der Waals surface area contributed by atoms with Crippen LogP contribution in [0, 0.1) is 32.8 Å². The minimum atomic E-state index is -0.814. The van der Waals surface area contributed by atoms with E-state index in [2.05, 4.69) is 26.1 Å². The average molecular weight is 527 g/mol. The first kappa shape index (κ1) is 25.4. The number of H-pyrrole nitrogens is 1. The van der Waals surface area contributed by atoms with Gasteiger partial charge in [0.15, 0.2) is 11.6 Å². The van der Waals surface area contributed by atoms with Crippen molar-refractivity contribution in [2.45, 2.75) is 6.92 Å². The molecule has 0 saturated heterocycles. The number of hydrogen-bond acceptors (Lipinski definition) is 8. The first-order valence-electron chi connectivity index (χ1n) is 11.9. The molecule has 0 radical (unpaired) electrons. The van der Waals surface area contributed by atoms with Crippen LogP contribution in [0.2, 0.25) is 0 Å². The van der Waals surface area contributed by atoms with Crippen LogP contribution in [0.4, 0.5) is 11.5 Å². The van der Waals surface area contributed by atoms with Gasteiger partial charge >= 0.3 is 0 Å². The van der Waals surface area contributed by atoms with Crippen LogP contribution in [0.15, 0.2) is 93.8 Å². The fourth-order valence-electron chi connectivity index (χ4n) is 4.11. The third-order valence-electron chi connectivity index (χ3n) is 6.04. The minimum absolute atomic E-state index is 0.0120. The second kappa shape index (κ2) is 10.7. The van der Waals surface area contributed by atoms with Crippen LogP contribution in [-0.2, 0) is 0 Å². The van der Waals surface area contributed by atoms with E-state index >= 15 is 0 Å². The predicted molar refractivity (Wildman–Crippen MR) is 150 cm³/mol. The maximum Gasteiger partial charge on any atom is 0.291 e. The van der Waals surface area contributed by atoms with E-state index in [4.69, 9.17) is 0 Å². The Kier molecular flexibility index (Phi) is 6.78. The maximum absolute atomic E-state index is 13.7. The summed E-state index contributed by atoms with van der Waals surface area (Å²) in [6, 6.07) is 25.6. The zero-order chi connectivity index (χ0) is 28.2. The molecule has 0 aliphatic carbocycles. The summed E-state index contributed by atoms with van der Waals surface area (Å²) in [6.45, 7) is 1.64. The van der Waals surface area contributed by atoms with E-state index in [1.54, 1.807) is 19.1 Å². The van der Waals surface area contributed by atoms with Gasteiger partial charge in [0.05, 0.1) is 16.0 Å². The summed E-state index contributed by atoms with van der Waals surface area (Å²) in [5, 5.41) is 35.9. The van der Waals surface area contributed by atoms with Gasteiger partial charge in [-0.05, 0) is 42.3 Å². The number of non-ortho nitro benzene ring substituents is 1. The number of nitrogens with zero attached hydrogens (tertiary/aromatic N) is 7. The zero-order valence-electron chi connectivity index (χ0n) is 20.9. The molecule has 0 amide bonds. The lowest BCUT2D eigenvalue weighted by atomic mass is 9.96. The number of rotatable bonds is 6. The van der Waals surface area contributed by atoms with Gasteiger partial charge in [0.25, 0.3) is 11.2 Å². The first-order chi connectivity index (χ1) is 19.4. The number of nitro groups is 1. The molecule has 0 spiro atoms. The molecule has 2 aromatic heterocycles. The topological polar surface area (TPSA) is 166 Å². The van der Waals surface area contributed by atoms with Crippen molar-refractivity contribution in [3.63, 3.8) is 0 Å². The molecule has 0 atom stereocenters. The van der Waals surface area contributed by atoms with E-state index in [9.17, 15) is 25.4 Å². The number of nitriles is 2. The quantitative estimate of drug-likeness (QED) is 0.184. The molecule has 0 aliphatic rings. The SMILES string of the molecule is C/C(=N\n1c(/N=C/c2ccccc2)c(C#N)c(-c2ccc([N+](=O)[O-])cc2)c(C#N)c1=O)c1nc2ccccc2[nH]1. The van der Waals surface area contributed by atoms with E-state index < -0.39 is 10.5 Å². The third kappa shape index (κ3) is 4.74. The highest BCUT2D eigenvalue weighted by Gasteiger charge is 2.24. The van der Waals surface area contributed by atoms with E-state index in [1.165, 1.54) is 30.5 Å². The van der Waals surface area contributed by atoms with Gasteiger partial charge in [-0.3, -0.25) is 14.9 Å². The molecule has 11 nitrogen and oxygen atoms in total. The van der Waals surface area contributed by atoms with E-state index in [0.29, 0.717) is 22.6 Å². The van der Waals surface area contributed by atoms with Crippen LogP contribution in [0.3, 0.4) is 0 Å². The van der Waals surface area contributed by atoms with Crippen LogP contribution >= 0.6 is 0 Å². The van der Waals surface area contributed by atoms with Gasteiger partial charge in [-0.2, -0.15) is 20.3 Å². The Morgan fingerprint density at radius 1 is 1.00 bits per heavy atom. The minimum Gasteiger partial charge on any atom is -0.337 e. The predicted octanol–water partition coefficient (Wildman–Crippen LogP) is 5.07. The van der Waals surface area contributed by atoms with Crippen LogP contribution in [0.1, 0.15) is 29.4 Å². The highest BCUT2D eigenvalue weighted by Crippen LogP contribution is 2.33. The van der Waals surface area contributed by atoms with Crippen molar-refractivity contribution in [3.05, 3.63) is 122 Å². The van der Waals surface area contributed by atoms with Crippen molar-refractivity contribution in [2.24, 2.45) is 10.1 Å². The smallest absolute Gasteiger partial charge is 0.291 e. The lowest BCUT2D eigenvalue weighted by Gasteiger charge is -2.13. The molecule has 1 N–H and O–H groups in total. The monoisotopic (exact) mass is 526 g/mol. The summed E-state index contributed by atoms with van der Waals surface area (Å²) in [5.41, 5.74) is 1.32. The number of aromatic nitrogens is 3. The van der Waals surface area contributed by atoms with Crippen LogP contribution in [-0.4, -0.2) is 31.5 Å². The zero-order valence-corrected chi connectivity index (χ0v) is 20.9. The molecule has 0 fully saturated rings. The van der Waals surface area contributed by atoms with E-state index in [0.717, 1.165) is 10.2 Å². The molecule has 11 heteroatoms. The molecule has 0 aliphatic heterocycles. The van der Waals surface area contributed by atoms with Crippen molar-refractivity contribution in [3.8, 4) is 23.3 Å². The number of hydrogen-bond donors (Lipinski definition) is 1. The molecule has 0 bridgehead atoms. The van der Waals surface area contributed by atoms with Crippen LogP contribution in [0.5, 0.6) is 0 Å². The standard InChI is InChI=1S/C29H18N8O3/c1-18(27-33-24-9-5-6-10-25(24)34-27)35-36-28(32-17-19-7-3-2-4-8-19)22(15-30)26(23(16-31)29(36)38)20-11-13-21(14-12-20)37(39)40/h2-14,17H,1H3,(H,33,34)/b32-17+,35-18+. The number of benzene rings is 3. The van der Waals surface area contributed by atoms with Crippen molar-refractivity contribution in [2.75, 3.05) is 0 Å². The van der Waals surface area contributed by atoms with Gasteiger partial charge in [0.2, 0.25) is 0 Å². The molecule has 2 heterocycles. The number of aromatic amines is 1. The van der Waals surface area contributed by atoms with Crippen molar-refractivity contribution < 1.29 is 4.92 Å².